The molecule has 1 fully saturated rings. The van der Waals surface area contributed by atoms with Gasteiger partial charge in [0.05, 0.1) is 20.5 Å². The topological polar surface area (TPSA) is 51.9 Å². The van der Waals surface area contributed by atoms with E-state index in [1.807, 2.05) is 42.2 Å². The number of carbonyl (C=O) groups excluding carboxylic acids is 1. The number of likely N-dealkylation sites (tertiary alicyclic amines) is 1. The number of carbonyl (C=O) groups is 1. The highest BCUT2D eigenvalue weighted by Gasteiger charge is 2.17. The van der Waals surface area contributed by atoms with Crippen LogP contribution >= 0.6 is 0 Å². The number of amides is 1. The van der Waals surface area contributed by atoms with Gasteiger partial charge < -0.3 is 18.8 Å². The number of allylic oxidation sites excluding steroid dienone is 1. The first-order chi connectivity index (χ1) is 15.1. The molecular formula is C26H29NO4. The van der Waals surface area contributed by atoms with Crippen LogP contribution in [0.3, 0.4) is 0 Å². The molecular weight excluding hydrogens is 390 g/mol. The van der Waals surface area contributed by atoms with Crippen LogP contribution in [-0.4, -0.2) is 38.1 Å². The Bertz CT molecular complexity index is 1090. The summed E-state index contributed by atoms with van der Waals surface area (Å²) in [6.45, 7) is 3.64. The van der Waals surface area contributed by atoms with E-state index in [0.29, 0.717) is 5.75 Å². The molecule has 31 heavy (non-hydrogen) atoms. The second kappa shape index (κ2) is 9.29. The van der Waals surface area contributed by atoms with Gasteiger partial charge in [0.2, 0.25) is 5.91 Å². The molecule has 0 N–H and O–H groups in total. The summed E-state index contributed by atoms with van der Waals surface area (Å²) in [6, 6.07) is 11.8. The SMILES string of the molecule is COc1ccc(-c2coc3cc(OC)c(/C(C)=C/C(=O)N4CCCCCC4)cc23)cc1. The van der Waals surface area contributed by atoms with Crippen LogP contribution in [0.1, 0.15) is 38.2 Å². The maximum absolute atomic E-state index is 12.9. The molecule has 0 spiro atoms. The van der Waals surface area contributed by atoms with Gasteiger partial charge in [0.15, 0.2) is 0 Å². The first-order valence-electron chi connectivity index (χ1n) is 10.8. The molecule has 1 saturated heterocycles. The molecule has 0 bridgehead atoms. The van der Waals surface area contributed by atoms with Crippen molar-refractivity contribution in [2.24, 2.45) is 0 Å². The van der Waals surface area contributed by atoms with Gasteiger partial charge in [-0.25, -0.2) is 0 Å². The third kappa shape index (κ3) is 4.46. The van der Waals surface area contributed by atoms with Gasteiger partial charge in [-0.05, 0) is 49.1 Å². The van der Waals surface area contributed by atoms with Gasteiger partial charge in [-0.1, -0.05) is 25.0 Å². The van der Waals surface area contributed by atoms with Gasteiger partial charge in [-0.3, -0.25) is 4.79 Å². The van der Waals surface area contributed by atoms with E-state index < -0.39 is 0 Å². The zero-order valence-corrected chi connectivity index (χ0v) is 18.4. The fourth-order valence-electron chi connectivity index (χ4n) is 4.17. The average Bonchev–Trinajstić information content (AvgIpc) is 3.01. The van der Waals surface area contributed by atoms with Gasteiger partial charge in [-0.2, -0.15) is 0 Å². The minimum atomic E-state index is 0.0733. The van der Waals surface area contributed by atoms with E-state index in [1.165, 1.54) is 12.8 Å². The fraction of sp³-hybridized carbons (Fsp3) is 0.346. The summed E-state index contributed by atoms with van der Waals surface area (Å²) in [5, 5.41) is 0.982. The van der Waals surface area contributed by atoms with Crippen molar-refractivity contribution in [1.29, 1.82) is 0 Å². The normalized spacial score (nSPS) is 15.1. The Morgan fingerprint density at radius 3 is 2.35 bits per heavy atom. The predicted molar refractivity (Wildman–Crippen MR) is 123 cm³/mol. The molecule has 1 aliphatic rings. The molecule has 3 aromatic rings. The molecule has 2 heterocycles. The number of nitrogens with zero attached hydrogens (tertiary/aromatic N) is 1. The lowest BCUT2D eigenvalue weighted by molar-refractivity contribution is -0.125. The van der Waals surface area contributed by atoms with Crippen molar-refractivity contribution >= 4 is 22.4 Å². The smallest absolute Gasteiger partial charge is 0.246 e. The lowest BCUT2D eigenvalue weighted by Gasteiger charge is -2.19. The van der Waals surface area contributed by atoms with Crippen molar-refractivity contribution in [3.8, 4) is 22.6 Å². The van der Waals surface area contributed by atoms with Crippen LogP contribution in [0.2, 0.25) is 0 Å². The van der Waals surface area contributed by atoms with Crippen LogP contribution in [-0.2, 0) is 4.79 Å². The molecule has 0 aliphatic carbocycles. The first kappa shape index (κ1) is 21.0. The number of methoxy groups -OCH3 is 2. The van der Waals surface area contributed by atoms with Crippen LogP contribution in [0, 0.1) is 0 Å². The van der Waals surface area contributed by atoms with Crippen molar-refractivity contribution in [2.45, 2.75) is 32.6 Å². The molecule has 2 aromatic carbocycles. The summed E-state index contributed by atoms with van der Waals surface area (Å²) in [5.74, 6) is 1.58. The van der Waals surface area contributed by atoms with Crippen LogP contribution in [0.25, 0.3) is 27.7 Å². The highest BCUT2D eigenvalue weighted by Crippen LogP contribution is 2.37. The number of rotatable bonds is 5. The number of benzene rings is 2. The third-order valence-electron chi connectivity index (χ3n) is 5.98. The number of fused-ring (bicyclic) bond motifs is 1. The van der Waals surface area contributed by atoms with Gasteiger partial charge in [0, 0.05) is 41.7 Å². The van der Waals surface area contributed by atoms with E-state index in [4.69, 9.17) is 13.9 Å². The molecule has 1 aromatic heterocycles. The molecule has 0 unspecified atom stereocenters. The first-order valence-corrected chi connectivity index (χ1v) is 10.8. The zero-order valence-electron chi connectivity index (χ0n) is 18.4. The van der Waals surface area contributed by atoms with Gasteiger partial charge >= 0.3 is 0 Å². The second-order valence-electron chi connectivity index (χ2n) is 7.99. The summed E-state index contributed by atoms with van der Waals surface area (Å²) in [7, 11) is 3.30. The zero-order chi connectivity index (χ0) is 21.8. The quantitative estimate of drug-likeness (QED) is 0.482. The monoisotopic (exact) mass is 419 g/mol. The fourth-order valence-corrected chi connectivity index (χ4v) is 4.17. The summed E-state index contributed by atoms with van der Waals surface area (Å²) in [5.41, 5.74) is 4.56. The Morgan fingerprint density at radius 1 is 1.00 bits per heavy atom. The highest BCUT2D eigenvalue weighted by atomic mass is 16.5. The van der Waals surface area contributed by atoms with Crippen LogP contribution in [0.4, 0.5) is 0 Å². The lowest BCUT2D eigenvalue weighted by Crippen LogP contribution is -2.30. The van der Waals surface area contributed by atoms with E-state index >= 15 is 0 Å². The Kier molecular flexibility index (Phi) is 6.31. The largest absolute Gasteiger partial charge is 0.497 e. The van der Waals surface area contributed by atoms with Gasteiger partial charge in [-0.15, -0.1) is 0 Å². The number of hydrogen-bond acceptors (Lipinski definition) is 4. The van der Waals surface area contributed by atoms with Crippen LogP contribution in [0.5, 0.6) is 11.5 Å². The van der Waals surface area contributed by atoms with Crippen molar-refractivity contribution < 1.29 is 18.7 Å². The highest BCUT2D eigenvalue weighted by molar-refractivity contribution is 6.00. The van der Waals surface area contributed by atoms with Crippen molar-refractivity contribution in [2.75, 3.05) is 27.3 Å². The maximum Gasteiger partial charge on any atom is 0.246 e. The molecule has 0 radical (unpaired) electrons. The lowest BCUT2D eigenvalue weighted by atomic mass is 9.99. The molecule has 5 heteroatoms. The second-order valence-corrected chi connectivity index (χ2v) is 7.99. The van der Waals surface area contributed by atoms with E-state index in [-0.39, 0.29) is 5.91 Å². The molecule has 4 rings (SSSR count). The molecule has 0 atom stereocenters. The standard InChI is InChI=1S/C26H29NO4/c1-18(14-26(28)27-12-6-4-5-7-13-27)21-15-22-23(17-31-25(22)16-24(21)30-3)19-8-10-20(29-2)11-9-19/h8-11,14-17H,4-7,12-13H2,1-3H3/b18-14+. The van der Waals surface area contributed by atoms with E-state index in [9.17, 15) is 4.79 Å². The summed E-state index contributed by atoms with van der Waals surface area (Å²) >= 11 is 0. The van der Waals surface area contributed by atoms with Crippen LogP contribution < -0.4 is 9.47 Å². The minimum Gasteiger partial charge on any atom is -0.497 e. The predicted octanol–water partition coefficient (Wildman–Crippen LogP) is 5.92. The molecule has 162 valence electrons. The van der Waals surface area contributed by atoms with E-state index in [1.54, 1.807) is 26.6 Å². The third-order valence-corrected chi connectivity index (χ3v) is 5.98. The Morgan fingerprint density at radius 2 is 1.71 bits per heavy atom. The summed E-state index contributed by atoms with van der Waals surface area (Å²) < 4.78 is 16.7. The Labute approximate surface area is 183 Å². The summed E-state index contributed by atoms with van der Waals surface area (Å²) in [6.07, 6.45) is 8.05. The Balaban J connectivity index is 1.71. The number of furan rings is 1. The Hall–Kier alpha value is -3.21. The van der Waals surface area contributed by atoms with Crippen molar-refractivity contribution in [3.63, 3.8) is 0 Å². The molecule has 5 nitrogen and oxygen atoms in total. The van der Waals surface area contributed by atoms with E-state index in [0.717, 1.165) is 64.9 Å². The minimum absolute atomic E-state index is 0.0733. The molecule has 0 saturated carbocycles. The maximum atomic E-state index is 12.9. The average molecular weight is 420 g/mol. The van der Waals surface area contributed by atoms with Crippen molar-refractivity contribution in [3.05, 3.63) is 54.3 Å². The van der Waals surface area contributed by atoms with Crippen molar-refractivity contribution in [1.82, 2.24) is 4.90 Å². The molecule has 1 aliphatic heterocycles. The number of ether oxygens (including phenoxy) is 2. The van der Waals surface area contributed by atoms with Gasteiger partial charge in [0.1, 0.15) is 17.1 Å². The van der Waals surface area contributed by atoms with E-state index in [2.05, 4.69) is 6.07 Å². The summed E-state index contributed by atoms with van der Waals surface area (Å²) in [4.78, 5) is 14.8. The van der Waals surface area contributed by atoms with Gasteiger partial charge in [0.25, 0.3) is 0 Å². The van der Waals surface area contributed by atoms with Crippen LogP contribution in [0.15, 0.2) is 53.2 Å². The molecule has 1 amide bonds. The number of hydrogen-bond donors (Lipinski definition) is 0.